The van der Waals surface area contributed by atoms with Crippen LogP contribution >= 0.6 is 0 Å². The van der Waals surface area contributed by atoms with E-state index in [9.17, 15) is 8.78 Å². The maximum atomic E-state index is 12.1. The molecule has 65 valence electrons. The number of aromatic hydroxyl groups is 1. The van der Waals surface area contributed by atoms with Gasteiger partial charge in [-0.1, -0.05) is 13.8 Å². The molecule has 4 heteroatoms. The van der Waals surface area contributed by atoms with E-state index in [-0.39, 0.29) is 32.7 Å². The van der Waals surface area contributed by atoms with Gasteiger partial charge < -0.3 is 5.11 Å². The van der Waals surface area contributed by atoms with E-state index in [1.54, 1.807) is 0 Å². The van der Waals surface area contributed by atoms with E-state index >= 15 is 0 Å². The Labute approximate surface area is 95.7 Å². The third-order valence-corrected chi connectivity index (χ3v) is 0.869. The molecule has 0 atom stereocenters. The Morgan fingerprint density at radius 1 is 1.33 bits per heavy atom. The first-order valence-corrected chi connectivity index (χ1v) is 3.26. The van der Waals surface area contributed by atoms with Crippen LogP contribution in [0.25, 0.3) is 0 Å². The number of halogens is 2. The topological polar surface area (TPSA) is 20.2 Å². The van der Waals surface area contributed by atoms with Gasteiger partial charge in [0.2, 0.25) is 0 Å². The van der Waals surface area contributed by atoms with Crippen LogP contribution in [0, 0.1) is 17.7 Å². The number of hydrogen-bond acceptors (Lipinski definition) is 1. The van der Waals surface area contributed by atoms with Crippen molar-refractivity contribution in [3.8, 4) is 5.75 Å². The first-order chi connectivity index (χ1) is 5.22. The van der Waals surface area contributed by atoms with Crippen molar-refractivity contribution < 1.29 is 46.6 Å². The van der Waals surface area contributed by atoms with Gasteiger partial charge in [0.25, 0.3) is 0 Å². The third-order valence-electron chi connectivity index (χ3n) is 0.869. The van der Waals surface area contributed by atoms with Gasteiger partial charge in [-0.2, -0.15) is 6.07 Å². The third kappa shape index (κ3) is 4.12. The molecule has 0 fully saturated rings. The minimum Gasteiger partial charge on any atom is -0.531 e. The average Bonchev–Trinajstić information content (AvgIpc) is 2.04. The minimum atomic E-state index is -1.25. The van der Waals surface area contributed by atoms with Crippen molar-refractivity contribution in [3.63, 3.8) is 0 Å². The zero-order chi connectivity index (χ0) is 8.85. The van der Waals surface area contributed by atoms with Crippen LogP contribution in [-0.4, -0.2) is 5.11 Å². The van der Waals surface area contributed by atoms with Crippen LogP contribution in [0.4, 0.5) is 8.78 Å². The smallest absolute Gasteiger partial charge is 0.0840 e. The van der Waals surface area contributed by atoms with E-state index in [1.165, 1.54) is 0 Å². The van der Waals surface area contributed by atoms with Gasteiger partial charge in [0, 0.05) is 44.3 Å². The van der Waals surface area contributed by atoms with Gasteiger partial charge in [-0.3, -0.25) is 4.39 Å². The van der Waals surface area contributed by atoms with E-state index in [2.05, 4.69) is 0 Å². The molecule has 0 heterocycles. The molecule has 0 aromatic heterocycles. The molecule has 0 bridgehead atoms. The fourth-order valence-electron chi connectivity index (χ4n) is 0.443. The molecule has 1 aromatic carbocycles. The summed E-state index contributed by atoms with van der Waals surface area (Å²) in [6, 6.07) is 4.07. The predicted molar refractivity (Wildman–Crippen MR) is 38.2 cm³/mol. The number of phenols is 1. The fourth-order valence-corrected chi connectivity index (χ4v) is 0.443. The van der Waals surface area contributed by atoms with Crippen LogP contribution in [-0.2, 0) is 32.7 Å². The number of phenolic OH excluding ortho intramolecular Hbond substituents is 1. The molecule has 0 saturated heterocycles. The maximum Gasteiger partial charge on any atom is 0.0840 e. The Hall–Kier alpha value is -0.0161. The summed E-state index contributed by atoms with van der Waals surface area (Å²) in [7, 11) is 0. The molecule has 1 radical (unpaired) electrons. The molecule has 1 aromatic rings. The summed E-state index contributed by atoms with van der Waals surface area (Å²) in [6.45, 7) is 4.00. The second-order valence-electron chi connectivity index (χ2n) is 1.49. The molecule has 0 aliphatic heterocycles. The zero-order valence-electron chi connectivity index (χ0n) is 6.94. The molecule has 1 rings (SSSR count). The normalized spacial score (nSPS) is 7.67. The second kappa shape index (κ2) is 7.62. The molecule has 0 unspecified atom stereocenters. The summed E-state index contributed by atoms with van der Waals surface area (Å²) < 4.78 is 24.1. The van der Waals surface area contributed by atoms with Crippen molar-refractivity contribution in [2.75, 3.05) is 0 Å². The molecular weight excluding hydrogens is 239 g/mol. The quantitative estimate of drug-likeness (QED) is 0.699. The summed E-state index contributed by atoms with van der Waals surface area (Å²) in [5, 5.41) is 8.47. The van der Waals surface area contributed by atoms with Crippen LogP contribution in [0.2, 0.25) is 0 Å². The molecule has 0 saturated carbocycles. The van der Waals surface area contributed by atoms with E-state index < -0.39 is 17.4 Å². The molecular formula is C8H9F2OY-. The van der Waals surface area contributed by atoms with Crippen LogP contribution in [0.5, 0.6) is 5.75 Å². The van der Waals surface area contributed by atoms with Crippen molar-refractivity contribution in [3.05, 3.63) is 29.8 Å². The molecule has 0 aliphatic rings. The van der Waals surface area contributed by atoms with Gasteiger partial charge in [0.1, 0.15) is 0 Å². The maximum absolute atomic E-state index is 12.1. The van der Waals surface area contributed by atoms with Crippen LogP contribution in [0.15, 0.2) is 12.1 Å². The Balaban J connectivity index is 0. The number of benzene rings is 1. The second-order valence-corrected chi connectivity index (χ2v) is 1.49. The van der Waals surface area contributed by atoms with Gasteiger partial charge in [0.15, 0.2) is 0 Å². The largest absolute Gasteiger partial charge is 0.531 e. The minimum absolute atomic E-state index is 0. The van der Waals surface area contributed by atoms with E-state index in [0.717, 1.165) is 12.1 Å². The van der Waals surface area contributed by atoms with Gasteiger partial charge in [0.05, 0.1) is 5.82 Å². The molecule has 1 N–H and O–H groups in total. The van der Waals surface area contributed by atoms with E-state index in [4.69, 9.17) is 5.11 Å². The van der Waals surface area contributed by atoms with Crippen molar-refractivity contribution in [2.45, 2.75) is 13.8 Å². The van der Waals surface area contributed by atoms with Crippen molar-refractivity contribution >= 4 is 0 Å². The van der Waals surface area contributed by atoms with Crippen LogP contribution in [0.1, 0.15) is 13.8 Å². The first-order valence-electron chi connectivity index (χ1n) is 3.26. The Kier molecular flexibility index (Phi) is 9.21. The summed E-state index contributed by atoms with van der Waals surface area (Å²) in [5.74, 6) is -3.10. The van der Waals surface area contributed by atoms with Gasteiger partial charge in [-0.15, -0.1) is 12.1 Å². The Bertz CT molecular complexity index is 208. The van der Waals surface area contributed by atoms with Crippen molar-refractivity contribution in [1.82, 2.24) is 0 Å². The number of rotatable bonds is 0. The summed E-state index contributed by atoms with van der Waals surface area (Å²) in [6.07, 6.45) is 0. The summed E-state index contributed by atoms with van der Waals surface area (Å²) in [5.41, 5.74) is 0. The van der Waals surface area contributed by atoms with Gasteiger partial charge in [-0.05, 0) is 0 Å². The molecule has 0 aliphatic carbocycles. The van der Waals surface area contributed by atoms with Crippen LogP contribution in [0.3, 0.4) is 0 Å². The fraction of sp³-hybridized carbons (Fsp3) is 0.250. The van der Waals surface area contributed by atoms with Crippen molar-refractivity contribution in [2.24, 2.45) is 0 Å². The monoisotopic (exact) mass is 248 g/mol. The van der Waals surface area contributed by atoms with Gasteiger partial charge in [-0.25, -0.2) is 4.39 Å². The standard InChI is InChI=1S/C6H3F2O.C2H6.Y/c7-4-2-1-3-5(9)6(4)8;1-2;/h1,3,9H;1-2H3;/q-1;;. The molecule has 0 amide bonds. The Morgan fingerprint density at radius 2 is 1.83 bits per heavy atom. The number of hydrogen-bond donors (Lipinski definition) is 1. The summed E-state index contributed by atoms with van der Waals surface area (Å²) >= 11 is 0. The summed E-state index contributed by atoms with van der Waals surface area (Å²) in [4.78, 5) is 0. The molecule has 0 spiro atoms. The molecule has 1 nitrogen and oxygen atoms in total. The van der Waals surface area contributed by atoms with Crippen molar-refractivity contribution in [1.29, 1.82) is 0 Å². The molecule has 12 heavy (non-hydrogen) atoms. The average molecular weight is 248 g/mol. The Morgan fingerprint density at radius 3 is 2.17 bits per heavy atom. The van der Waals surface area contributed by atoms with Gasteiger partial charge >= 0.3 is 0 Å². The SMILES string of the molecule is CC.Oc1cc[c-]c(F)c1F.[Y]. The van der Waals surface area contributed by atoms with E-state index in [0.29, 0.717) is 0 Å². The predicted octanol–water partition coefficient (Wildman–Crippen LogP) is 2.49. The van der Waals surface area contributed by atoms with E-state index in [1.807, 2.05) is 19.9 Å². The zero-order valence-corrected chi connectivity index (χ0v) is 9.77. The first kappa shape index (κ1) is 14.5. The van der Waals surface area contributed by atoms with Crippen LogP contribution < -0.4 is 0 Å².